The molecule has 0 radical (unpaired) electrons. The molecule has 4 heteroatoms. The van der Waals surface area contributed by atoms with E-state index in [1.54, 1.807) is 11.3 Å². The second-order valence-corrected chi connectivity index (χ2v) is 14.1. The van der Waals surface area contributed by atoms with Crippen LogP contribution in [0, 0.1) is 0 Å². The molecular weight excluding hydrogens is 609 g/mol. The highest BCUT2D eigenvalue weighted by atomic mass is 32.1. The minimum atomic E-state index is 1.05. The zero-order valence-corrected chi connectivity index (χ0v) is 26.9. The second-order valence-electron chi connectivity index (χ2n) is 12.0. The van der Waals surface area contributed by atoms with Crippen LogP contribution in [0.15, 0.2) is 158 Å². The van der Waals surface area contributed by atoms with Gasteiger partial charge >= 0.3 is 0 Å². The predicted octanol–water partition coefficient (Wildman–Crippen LogP) is 13.3. The van der Waals surface area contributed by atoms with Gasteiger partial charge in [0.15, 0.2) is 0 Å². The van der Waals surface area contributed by atoms with Crippen molar-refractivity contribution in [2.45, 2.75) is 0 Å². The van der Waals surface area contributed by atoms with Crippen LogP contribution < -0.4 is 4.90 Å². The Morgan fingerprint density at radius 3 is 2.09 bits per heavy atom. The van der Waals surface area contributed by atoms with Crippen molar-refractivity contribution in [1.29, 1.82) is 0 Å². The summed E-state index contributed by atoms with van der Waals surface area (Å²) in [6.45, 7) is 0. The molecule has 3 heterocycles. The number of thiophene rings is 2. The van der Waals surface area contributed by atoms with Gasteiger partial charge in [0, 0.05) is 37.4 Å². The van der Waals surface area contributed by atoms with Gasteiger partial charge in [-0.3, -0.25) is 4.98 Å². The van der Waals surface area contributed by atoms with Crippen LogP contribution >= 0.6 is 22.7 Å². The summed E-state index contributed by atoms with van der Waals surface area (Å²) in [6, 6.07) is 55.3. The Labute approximate surface area is 279 Å². The summed E-state index contributed by atoms with van der Waals surface area (Å²) in [5.41, 5.74) is 6.90. The number of nitrogens with zero attached hydrogens (tertiary/aromatic N) is 2. The smallest absolute Gasteiger partial charge is 0.0909 e. The highest BCUT2D eigenvalue weighted by Crippen LogP contribution is 2.48. The van der Waals surface area contributed by atoms with Crippen LogP contribution in [0.4, 0.5) is 17.1 Å². The van der Waals surface area contributed by atoms with Gasteiger partial charge in [-0.15, -0.1) is 22.7 Å². The summed E-state index contributed by atoms with van der Waals surface area (Å²) in [5.74, 6) is 0. The molecule has 0 saturated heterocycles. The number of anilines is 3. The summed E-state index contributed by atoms with van der Waals surface area (Å²) in [4.78, 5) is 7.32. The quantitative estimate of drug-likeness (QED) is 0.179. The molecule has 0 atom stereocenters. The summed E-state index contributed by atoms with van der Waals surface area (Å²) in [5, 5.41) is 8.89. The minimum Gasteiger partial charge on any atom is -0.308 e. The van der Waals surface area contributed by atoms with Crippen LogP contribution in [0.5, 0.6) is 0 Å². The molecule has 0 spiro atoms. The van der Waals surface area contributed by atoms with Gasteiger partial charge < -0.3 is 4.90 Å². The summed E-state index contributed by atoms with van der Waals surface area (Å²) >= 11 is 3.67. The molecule has 10 aromatic rings. The van der Waals surface area contributed by atoms with E-state index in [1.807, 2.05) is 23.6 Å². The first-order valence-electron chi connectivity index (χ1n) is 15.8. The molecular formula is C43H26N2S2. The van der Waals surface area contributed by atoms with Crippen LogP contribution in [0.2, 0.25) is 0 Å². The Hall–Kier alpha value is -5.55. The van der Waals surface area contributed by atoms with E-state index in [4.69, 9.17) is 4.98 Å². The fraction of sp³-hybridized carbons (Fsp3) is 0. The third-order valence-electron chi connectivity index (χ3n) is 9.30. The molecule has 47 heavy (non-hydrogen) atoms. The zero-order chi connectivity index (χ0) is 30.9. The number of benzene rings is 7. The van der Waals surface area contributed by atoms with Gasteiger partial charge in [0.2, 0.25) is 0 Å². The van der Waals surface area contributed by atoms with Gasteiger partial charge in [-0.2, -0.15) is 0 Å². The number of hydrogen-bond acceptors (Lipinski definition) is 4. The number of rotatable bonds is 4. The Bertz CT molecular complexity index is 2810. The normalized spacial score (nSPS) is 11.8. The summed E-state index contributed by atoms with van der Waals surface area (Å²) in [7, 11) is 0. The highest BCUT2D eigenvalue weighted by molar-refractivity contribution is 7.26. The molecule has 10 rings (SSSR count). The van der Waals surface area contributed by atoms with Crippen LogP contribution in [-0.4, -0.2) is 4.98 Å². The van der Waals surface area contributed by atoms with E-state index < -0.39 is 0 Å². The van der Waals surface area contributed by atoms with E-state index >= 15 is 0 Å². The fourth-order valence-corrected chi connectivity index (χ4v) is 9.41. The third-order valence-corrected chi connectivity index (χ3v) is 11.6. The molecule has 0 N–H and O–H groups in total. The van der Waals surface area contributed by atoms with Gasteiger partial charge in [0.1, 0.15) is 0 Å². The van der Waals surface area contributed by atoms with Crippen molar-refractivity contribution < 1.29 is 0 Å². The Balaban J connectivity index is 1.17. The maximum atomic E-state index is 4.88. The Morgan fingerprint density at radius 1 is 0.447 bits per heavy atom. The lowest BCUT2D eigenvalue weighted by molar-refractivity contribution is 1.32. The van der Waals surface area contributed by atoms with Crippen molar-refractivity contribution >= 4 is 102 Å². The molecule has 7 aromatic carbocycles. The third kappa shape index (κ3) is 4.19. The molecule has 0 amide bonds. The standard InChI is InChI=1S/C43H26N2S2/c1-2-9-32-28(8-1)17-18-30-26-29(21-24-33(30)32)27-19-22-31(23-20-27)45(36-12-6-15-39-41(36)42-40(46-39)16-7-25-44-42)37-13-5-11-35-34-10-3-4-14-38(34)47-43(35)37/h1-26H. The van der Waals surface area contributed by atoms with Crippen molar-refractivity contribution in [3.05, 3.63) is 158 Å². The predicted molar refractivity (Wildman–Crippen MR) is 205 cm³/mol. The second kappa shape index (κ2) is 10.5. The molecule has 0 fully saturated rings. The first kappa shape index (κ1) is 26.6. The lowest BCUT2D eigenvalue weighted by Crippen LogP contribution is -2.10. The molecule has 0 saturated carbocycles. The number of hydrogen-bond donors (Lipinski definition) is 0. The number of aromatic nitrogens is 1. The van der Waals surface area contributed by atoms with E-state index in [2.05, 4.69) is 150 Å². The Morgan fingerprint density at radius 2 is 1.15 bits per heavy atom. The molecule has 0 aliphatic carbocycles. The molecule has 220 valence electrons. The van der Waals surface area contributed by atoms with Crippen molar-refractivity contribution in [2.75, 3.05) is 4.90 Å². The van der Waals surface area contributed by atoms with Crippen molar-refractivity contribution in [1.82, 2.24) is 4.98 Å². The van der Waals surface area contributed by atoms with Crippen molar-refractivity contribution in [2.24, 2.45) is 0 Å². The van der Waals surface area contributed by atoms with E-state index in [1.165, 1.54) is 73.3 Å². The monoisotopic (exact) mass is 634 g/mol. The van der Waals surface area contributed by atoms with Crippen LogP contribution in [0.25, 0.3) is 73.1 Å². The fourth-order valence-electron chi connectivity index (χ4n) is 7.12. The van der Waals surface area contributed by atoms with E-state index in [9.17, 15) is 0 Å². The van der Waals surface area contributed by atoms with E-state index in [0.29, 0.717) is 0 Å². The lowest BCUT2D eigenvalue weighted by Gasteiger charge is -2.27. The molecule has 0 aliphatic rings. The summed E-state index contributed by atoms with van der Waals surface area (Å²) in [6.07, 6.45) is 1.91. The van der Waals surface area contributed by atoms with E-state index in [-0.39, 0.29) is 0 Å². The molecule has 2 nitrogen and oxygen atoms in total. The SMILES string of the molecule is c1ccc2c(c1)ccc1cc(-c3ccc(N(c4cccc5c4sc4ccccc45)c4cccc5sc6cccnc6c45)cc3)ccc12. The van der Waals surface area contributed by atoms with Gasteiger partial charge in [-0.05, 0) is 87.3 Å². The zero-order valence-electron chi connectivity index (χ0n) is 25.2. The maximum absolute atomic E-state index is 4.88. The van der Waals surface area contributed by atoms with E-state index in [0.717, 1.165) is 16.9 Å². The summed E-state index contributed by atoms with van der Waals surface area (Å²) < 4.78 is 5.03. The largest absolute Gasteiger partial charge is 0.308 e. The van der Waals surface area contributed by atoms with Gasteiger partial charge in [0.25, 0.3) is 0 Å². The number of fused-ring (bicyclic) bond motifs is 9. The number of pyridine rings is 1. The topological polar surface area (TPSA) is 16.1 Å². The molecule has 0 bridgehead atoms. The van der Waals surface area contributed by atoms with Crippen molar-refractivity contribution in [3.63, 3.8) is 0 Å². The van der Waals surface area contributed by atoms with Crippen molar-refractivity contribution in [3.8, 4) is 11.1 Å². The first-order valence-corrected chi connectivity index (χ1v) is 17.4. The average molecular weight is 635 g/mol. The van der Waals surface area contributed by atoms with Gasteiger partial charge in [0.05, 0.1) is 26.3 Å². The van der Waals surface area contributed by atoms with Gasteiger partial charge in [-0.1, -0.05) is 97.1 Å². The van der Waals surface area contributed by atoms with Crippen LogP contribution in [0.1, 0.15) is 0 Å². The lowest BCUT2D eigenvalue weighted by atomic mass is 9.97. The molecule has 0 aliphatic heterocycles. The molecule has 3 aromatic heterocycles. The van der Waals surface area contributed by atoms with Gasteiger partial charge in [-0.25, -0.2) is 0 Å². The maximum Gasteiger partial charge on any atom is 0.0909 e. The van der Waals surface area contributed by atoms with Crippen LogP contribution in [-0.2, 0) is 0 Å². The van der Waals surface area contributed by atoms with Crippen LogP contribution in [0.3, 0.4) is 0 Å². The molecule has 0 unspecified atom stereocenters. The average Bonchev–Trinajstić information content (AvgIpc) is 3.71. The minimum absolute atomic E-state index is 1.05. The highest BCUT2D eigenvalue weighted by Gasteiger charge is 2.22. The Kier molecular flexibility index (Phi) is 5.95. The first-order chi connectivity index (χ1) is 23.3.